The second-order valence-electron chi connectivity index (χ2n) is 7.51. The fourth-order valence-electron chi connectivity index (χ4n) is 3.68. The lowest BCUT2D eigenvalue weighted by atomic mass is 10.1. The quantitative estimate of drug-likeness (QED) is 0.672. The van der Waals surface area contributed by atoms with Crippen molar-refractivity contribution in [2.45, 2.75) is 24.3 Å². The van der Waals surface area contributed by atoms with Crippen LogP contribution in [0.1, 0.15) is 17.7 Å². The number of benzene rings is 1. The van der Waals surface area contributed by atoms with E-state index in [1.165, 1.54) is 0 Å². The number of rotatable bonds is 6. The molecule has 0 bridgehead atoms. The van der Waals surface area contributed by atoms with Gasteiger partial charge in [-0.15, -0.1) is 0 Å². The Hall–Kier alpha value is -2.70. The molecule has 0 unspecified atom stereocenters. The fourth-order valence-corrected chi connectivity index (χ4v) is 4.85. The standard InChI is InChI=1S/C20H23F2N5O4S/c21-15-2-1-3-16(22)19(15)32(29,30)24-6-4-18(28)27-7-5-14-12-23-20(25-17(14)13-27)26-8-10-31-11-9-26/h1-3,12,24H,4-11,13H2. The number of nitrogens with zero attached hydrogens (tertiary/aromatic N) is 4. The number of morpholine rings is 1. The van der Waals surface area contributed by atoms with Gasteiger partial charge in [-0.3, -0.25) is 4.79 Å². The molecule has 12 heteroatoms. The molecule has 1 amide bonds. The Morgan fingerprint density at radius 1 is 1.16 bits per heavy atom. The number of aromatic nitrogens is 2. The Balaban J connectivity index is 1.36. The summed E-state index contributed by atoms with van der Waals surface area (Å²) in [5.41, 5.74) is 1.73. The second kappa shape index (κ2) is 9.43. The molecule has 2 aliphatic rings. The molecule has 9 nitrogen and oxygen atoms in total. The molecule has 0 atom stereocenters. The number of anilines is 1. The first kappa shape index (κ1) is 22.5. The Labute approximate surface area is 184 Å². The summed E-state index contributed by atoms with van der Waals surface area (Å²) < 4.78 is 59.5. The van der Waals surface area contributed by atoms with Crippen molar-refractivity contribution in [2.75, 3.05) is 44.3 Å². The van der Waals surface area contributed by atoms with Crippen LogP contribution in [0.25, 0.3) is 0 Å². The number of carbonyl (C=O) groups is 1. The third kappa shape index (κ3) is 4.87. The zero-order valence-corrected chi connectivity index (χ0v) is 18.1. The van der Waals surface area contributed by atoms with Crippen LogP contribution in [0.2, 0.25) is 0 Å². The molecule has 1 aromatic heterocycles. The van der Waals surface area contributed by atoms with Crippen molar-refractivity contribution in [1.82, 2.24) is 19.6 Å². The highest BCUT2D eigenvalue weighted by molar-refractivity contribution is 7.89. The predicted molar refractivity (Wildman–Crippen MR) is 110 cm³/mol. The Morgan fingerprint density at radius 2 is 1.88 bits per heavy atom. The van der Waals surface area contributed by atoms with E-state index < -0.39 is 26.6 Å². The summed E-state index contributed by atoms with van der Waals surface area (Å²) in [5, 5.41) is 0. The van der Waals surface area contributed by atoms with E-state index in [1.54, 1.807) is 11.1 Å². The van der Waals surface area contributed by atoms with Gasteiger partial charge in [-0.25, -0.2) is 31.9 Å². The summed E-state index contributed by atoms with van der Waals surface area (Å²) in [5.74, 6) is -2.06. The van der Waals surface area contributed by atoms with Gasteiger partial charge in [0.15, 0.2) is 4.90 Å². The number of sulfonamides is 1. The molecule has 32 heavy (non-hydrogen) atoms. The second-order valence-corrected chi connectivity index (χ2v) is 9.21. The van der Waals surface area contributed by atoms with E-state index >= 15 is 0 Å². The number of ether oxygens (including phenoxy) is 1. The lowest BCUT2D eigenvalue weighted by Gasteiger charge is -2.30. The topological polar surface area (TPSA) is 105 Å². The minimum Gasteiger partial charge on any atom is -0.378 e. The van der Waals surface area contributed by atoms with E-state index in [1.807, 2.05) is 4.90 Å². The summed E-state index contributed by atoms with van der Waals surface area (Å²) in [6, 6.07) is 2.80. The third-order valence-electron chi connectivity index (χ3n) is 5.40. The smallest absolute Gasteiger partial charge is 0.246 e. The number of amides is 1. The van der Waals surface area contributed by atoms with Gasteiger partial charge in [-0.1, -0.05) is 6.07 Å². The monoisotopic (exact) mass is 467 g/mol. The van der Waals surface area contributed by atoms with Crippen molar-refractivity contribution in [3.8, 4) is 0 Å². The van der Waals surface area contributed by atoms with Crippen LogP contribution in [-0.4, -0.2) is 68.6 Å². The van der Waals surface area contributed by atoms with Crippen molar-refractivity contribution in [3.05, 3.63) is 47.3 Å². The summed E-state index contributed by atoms with van der Waals surface area (Å²) in [6.07, 6.45) is 2.23. The number of hydrogen-bond acceptors (Lipinski definition) is 7. The van der Waals surface area contributed by atoms with Crippen LogP contribution in [0.15, 0.2) is 29.3 Å². The fraction of sp³-hybridized carbons (Fsp3) is 0.450. The minimum atomic E-state index is -4.42. The van der Waals surface area contributed by atoms with Gasteiger partial charge in [-0.05, 0) is 24.1 Å². The minimum absolute atomic E-state index is 0.147. The molecule has 1 aromatic carbocycles. The van der Waals surface area contributed by atoms with Gasteiger partial charge in [0.25, 0.3) is 0 Å². The van der Waals surface area contributed by atoms with E-state index in [4.69, 9.17) is 4.74 Å². The molecule has 0 saturated carbocycles. The van der Waals surface area contributed by atoms with Crippen LogP contribution < -0.4 is 9.62 Å². The predicted octanol–water partition coefficient (Wildman–Crippen LogP) is 0.845. The van der Waals surface area contributed by atoms with Crippen LogP contribution >= 0.6 is 0 Å². The number of carbonyl (C=O) groups excluding carboxylic acids is 1. The maximum atomic E-state index is 13.8. The largest absolute Gasteiger partial charge is 0.378 e. The van der Waals surface area contributed by atoms with Gasteiger partial charge in [0.1, 0.15) is 11.6 Å². The maximum Gasteiger partial charge on any atom is 0.246 e. The van der Waals surface area contributed by atoms with Gasteiger partial charge >= 0.3 is 0 Å². The first-order valence-corrected chi connectivity index (χ1v) is 11.7. The average molecular weight is 467 g/mol. The molecular formula is C20H23F2N5O4S. The van der Waals surface area contributed by atoms with E-state index in [0.717, 1.165) is 29.5 Å². The molecule has 1 N–H and O–H groups in total. The molecular weight excluding hydrogens is 444 g/mol. The number of hydrogen-bond donors (Lipinski definition) is 1. The lowest BCUT2D eigenvalue weighted by molar-refractivity contribution is -0.132. The van der Waals surface area contributed by atoms with Crippen LogP contribution in [0.4, 0.5) is 14.7 Å². The molecule has 2 aromatic rings. The van der Waals surface area contributed by atoms with Gasteiger partial charge < -0.3 is 14.5 Å². The molecule has 0 aliphatic carbocycles. The van der Waals surface area contributed by atoms with Gasteiger partial charge in [0.05, 0.1) is 25.5 Å². The molecule has 3 heterocycles. The van der Waals surface area contributed by atoms with Crippen LogP contribution in [0, 0.1) is 11.6 Å². The molecule has 0 radical (unpaired) electrons. The highest BCUT2D eigenvalue weighted by atomic mass is 32.2. The Kier molecular flexibility index (Phi) is 6.63. The summed E-state index contributed by atoms with van der Waals surface area (Å²) >= 11 is 0. The molecule has 1 saturated heterocycles. The normalized spacial score (nSPS) is 16.7. The highest BCUT2D eigenvalue weighted by Gasteiger charge is 2.26. The van der Waals surface area contributed by atoms with Gasteiger partial charge in [-0.2, -0.15) is 0 Å². The van der Waals surface area contributed by atoms with Crippen molar-refractivity contribution in [3.63, 3.8) is 0 Å². The number of halogens is 2. The van der Waals surface area contributed by atoms with Gasteiger partial charge in [0, 0.05) is 38.8 Å². The van der Waals surface area contributed by atoms with Crippen molar-refractivity contribution < 1.29 is 26.7 Å². The highest BCUT2D eigenvalue weighted by Crippen LogP contribution is 2.21. The Bertz CT molecular complexity index is 1090. The number of fused-ring (bicyclic) bond motifs is 1. The van der Waals surface area contributed by atoms with E-state index in [2.05, 4.69) is 14.7 Å². The van der Waals surface area contributed by atoms with Crippen molar-refractivity contribution in [2.24, 2.45) is 0 Å². The van der Waals surface area contributed by atoms with Crippen LogP contribution in [0.3, 0.4) is 0 Å². The SMILES string of the molecule is O=C(CCNS(=O)(=O)c1c(F)cccc1F)N1CCc2cnc(N3CCOCC3)nc2C1. The number of nitrogens with one attached hydrogen (secondary N) is 1. The van der Waals surface area contributed by atoms with Crippen LogP contribution in [0.5, 0.6) is 0 Å². The summed E-state index contributed by atoms with van der Waals surface area (Å²) in [7, 11) is -4.42. The first-order valence-electron chi connectivity index (χ1n) is 10.2. The molecule has 2 aliphatic heterocycles. The summed E-state index contributed by atoms with van der Waals surface area (Å²) in [4.78, 5) is 24.2. The van der Waals surface area contributed by atoms with Crippen molar-refractivity contribution >= 4 is 21.9 Å². The van der Waals surface area contributed by atoms with E-state index in [0.29, 0.717) is 51.8 Å². The first-order chi connectivity index (χ1) is 15.3. The summed E-state index contributed by atoms with van der Waals surface area (Å²) in [6.45, 7) is 3.09. The third-order valence-corrected chi connectivity index (χ3v) is 6.91. The maximum absolute atomic E-state index is 13.8. The molecule has 1 fully saturated rings. The average Bonchev–Trinajstić information content (AvgIpc) is 2.78. The Morgan fingerprint density at radius 3 is 2.59 bits per heavy atom. The van der Waals surface area contributed by atoms with Gasteiger partial charge in [0.2, 0.25) is 21.9 Å². The zero-order chi connectivity index (χ0) is 22.7. The van der Waals surface area contributed by atoms with Crippen molar-refractivity contribution in [1.29, 1.82) is 0 Å². The molecule has 4 rings (SSSR count). The van der Waals surface area contributed by atoms with E-state index in [9.17, 15) is 22.0 Å². The molecule has 0 spiro atoms. The van der Waals surface area contributed by atoms with Crippen LogP contribution in [-0.2, 0) is 32.5 Å². The van der Waals surface area contributed by atoms with E-state index in [-0.39, 0.29) is 18.9 Å². The zero-order valence-electron chi connectivity index (χ0n) is 17.3. The molecule has 172 valence electrons. The lowest BCUT2D eigenvalue weighted by Crippen LogP contribution is -2.40.